The molecule has 8 bridgehead atoms. The van der Waals surface area contributed by atoms with Crippen molar-refractivity contribution in [2.45, 2.75) is 167 Å². The molecule has 5 aromatic rings. The Morgan fingerprint density at radius 1 is 0.455 bits per heavy atom. The number of rotatable bonds is 7. The van der Waals surface area contributed by atoms with Crippen molar-refractivity contribution in [3.63, 3.8) is 0 Å². The second kappa shape index (κ2) is 16.2. The van der Waals surface area contributed by atoms with Gasteiger partial charge in [-0.2, -0.15) is 0 Å². The zero-order valence-electron chi connectivity index (χ0n) is 41.3. The van der Waals surface area contributed by atoms with E-state index in [2.05, 4.69) is 147 Å². The van der Waals surface area contributed by atoms with Gasteiger partial charge in [-0.15, -0.1) is 0 Å². The SMILES string of the molecule is CC(C)(C)Oc1cc(-c2ccccc2-c2cc(C(C)(C)C)cc(C34CC5CC(CC(C5)C3)C4)c2O)nc(-c2ccccc2-c2cc(C(C)(C)C)cc(C34CC5CC(CC(C5)C3)C4)c2O)c1.[Zr]. The minimum absolute atomic E-state index is 0. The van der Waals surface area contributed by atoms with Crippen LogP contribution in [0.4, 0.5) is 0 Å². The van der Waals surface area contributed by atoms with Crippen molar-refractivity contribution in [3.8, 4) is 62.0 Å². The van der Waals surface area contributed by atoms with Crippen LogP contribution in [0.3, 0.4) is 0 Å². The van der Waals surface area contributed by atoms with E-state index in [9.17, 15) is 10.2 Å². The Hall–Kier alpha value is -3.69. The molecule has 0 spiro atoms. The number of hydrogen-bond donors (Lipinski definition) is 2. The van der Waals surface area contributed by atoms with Crippen molar-refractivity contribution in [2.24, 2.45) is 35.5 Å². The summed E-state index contributed by atoms with van der Waals surface area (Å²) in [5.74, 6) is 6.26. The minimum atomic E-state index is -0.451. The number of nitrogens with zero attached hydrogens (tertiary/aromatic N) is 1. The van der Waals surface area contributed by atoms with Crippen LogP contribution in [0, 0.1) is 35.5 Å². The molecule has 0 atom stereocenters. The predicted octanol–water partition coefficient (Wildman–Crippen LogP) is 15.9. The van der Waals surface area contributed by atoms with Crippen molar-refractivity contribution < 1.29 is 41.2 Å². The van der Waals surface area contributed by atoms with E-state index in [0.717, 1.165) is 86.0 Å². The zero-order chi connectivity index (χ0) is 45.4. The number of ether oxygens (including phenoxy) is 1. The molecule has 8 saturated carbocycles. The smallest absolute Gasteiger partial charge is 0.127 e. The van der Waals surface area contributed by atoms with E-state index in [1.165, 1.54) is 99.3 Å². The number of phenolic OH excluding ortho intramolecular Hbond substituents is 2. The van der Waals surface area contributed by atoms with Gasteiger partial charge in [0.05, 0.1) is 11.4 Å². The summed E-state index contributed by atoms with van der Waals surface area (Å²) in [6.07, 6.45) is 15.3. The van der Waals surface area contributed by atoms with Crippen molar-refractivity contribution >= 4 is 0 Å². The van der Waals surface area contributed by atoms with Crippen LogP contribution in [0.1, 0.15) is 162 Å². The van der Waals surface area contributed by atoms with E-state index in [4.69, 9.17) is 9.72 Å². The molecule has 0 aliphatic heterocycles. The van der Waals surface area contributed by atoms with Gasteiger partial charge in [-0.25, -0.2) is 4.98 Å². The van der Waals surface area contributed by atoms with Gasteiger partial charge in [0.1, 0.15) is 22.8 Å². The Bertz CT molecular complexity index is 2440. The number of phenols is 2. The van der Waals surface area contributed by atoms with E-state index < -0.39 is 5.60 Å². The second-order valence-electron chi connectivity index (χ2n) is 25.6. The molecule has 8 aliphatic carbocycles. The van der Waals surface area contributed by atoms with Crippen LogP contribution in [0.5, 0.6) is 17.2 Å². The molecule has 8 aliphatic rings. The molecular weight excluding hydrogens is 886 g/mol. The summed E-state index contributed by atoms with van der Waals surface area (Å²) >= 11 is 0. The summed E-state index contributed by atoms with van der Waals surface area (Å²) in [6, 6.07) is 30.5. The van der Waals surface area contributed by atoms with Crippen molar-refractivity contribution in [1.29, 1.82) is 0 Å². The first kappa shape index (κ1) is 46.1. The van der Waals surface area contributed by atoms with E-state index in [1.54, 1.807) is 0 Å². The van der Waals surface area contributed by atoms with Crippen LogP contribution < -0.4 is 4.74 Å². The Labute approximate surface area is 414 Å². The summed E-state index contributed by atoms with van der Waals surface area (Å²) in [5.41, 5.74) is 11.6. The number of aromatic hydroxyl groups is 2. The summed E-state index contributed by atoms with van der Waals surface area (Å²) < 4.78 is 6.77. The summed E-state index contributed by atoms with van der Waals surface area (Å²) in [4.78, 5) is 5.59. The minimum Gasteiger partial charge on any atom is -0.507 e. The van der Waals surface area contributed by atoms with Crippen LogP contribution in [-0.4, -0.2) is 20.8 Å². The van der Waals surface area contributed by atoms with Gasteiger partial charge in [0, 0.05) is 71.7 Å². The Morgan fingerprint density at radius 3 is 1.08 bits per heavy atom. The number of pyridine rings is 1. The van der Waals surface area contributed by atoms with Gasteiger partial charge in [0.2, 0.25) is 0 Å². The van der Waals surface area contributed by atoms with Gasteiger partial charge in [-0.3, -0.25) is 0 Å². The summed E-state index contributed by atoms with van der Waals surface area (Å²) in [5, 5.41) is 25.6. The van der Waals surface area contributed by atoms with E-state index in [0.29, 0.717) is 11.5 Å². The van der Waals surface area contributed by atoms with Crippen LogP contribution in [-0.2, 0) is 47.9 Å². The molecule has 5 heteroatoms. The van der Waals surface area contributed by atoms with E-state index >= 15 is 0 Å². The van der Waals surface area contributed by atoms with Gasteiger partial charge in [0.25, 0.3) is 0 Å². The molecule has 66 heavy (non-hydrogen) atoms. The van der Waals surface area contributed by atoms with Crippen molar-refractivity contribution in [3.05, 3.63) is 107 Å². The van der Waals surface area contributed by atoms with Gasteiger partial charge in [-0.1, -0.05) is 102 Å². The molecule has 0 radical (unpaired) electrons. The van der Waals surface area contributed by atoms with Crippen molar-refractivity contribution in [2.75, 3.05) is 0 Å². The van der Waals surface area contributed by atoms with Gasteiger partial charge in [-0.05, 0) is 189 Å². The summed E-state index contributed by atoms with van der Waals surface area (Å²) in [7, 11) is 0. The van der Waals surface area contributed by atoms with Gasteiger partial charge >= 0.3 is 0 Å². The number of benzene rings is 4. The fraction of sp³-hybridized carbons (Fsp3) is 0.525. The molecular formula is C61H73NO3Zr. The quantitative estimate of drug-likeness (QED) is 0.171. The fourth-order valence-electron chi connectivity index (χ4n) is 15.3. The first-order valence-electron chi connectivity index (χ1n) is 25.4. The van der Waals surface area contributed by atoms with Crippen molar-refractivity contribution in [1.82, 2.24) is 4.98 Å². The molecule has 0 amide bonds. The first-order valence-corrected chi connectivity index (χ1v) is 25.4. The monoisotopic (exact) mass is 957 g/mol. The standard InChI is InChI=1S/C61H73NO3.Zr/c1-57(2,3)42-24-49(55(63)51(26-42)60-30-36-18-37(31-60)20-38(19-36)32-60)45-14-10-12-16-47(45)53-28-44(65-59(7,8)9)29-54(62-53)48-17-13-11-15-46(48)50-25-43(58(4,5)6)27-52(56(50)64)61-33-39-21-40(34-61)23-41(22-39)35-61;/h10-17,24-29,36-41,63-64H,18-23,30-35H2,1-9H3;. The molecule has 1 aromatic heterocycles. The molecule has 8 fully saturated rings. The Kier molecular flexibility index (Phi) is 11.3. The maximum Gasteiger partial charge on any atom is 0.127 e. The van der Waals surface area contributed by atoms with Crippen LogP contribution >= 0.6 is 0 Å². The average Bonchev–Trinajstić information content (AvgIpc) is 3.21. The van der Waals surface area contributed by atoms with Crippen LogP contribution in [0.25, 0.3) is 44.8 Å². The average molecular weight is 959 g/mol. The third-order valence-corrected chi connectivity index (χ3v) is 17.4. The predicted molar refractivity (Wildman–Crippen MR) is 267 cm³/mol. The molecule has 0 unspecified atom stereocenters. The van der Waals surface area contributed by atoms with Crippen LogP contribution in [0.15, 0.2) is 84.9 Å². The molecule has 4 aromatic carbocycles. The maximum atomic E-state index is 12.8. The Balaban J connectivity index is 0.00000511. The molecule has 13 rings (SSSR count). The Morgan fingerprint density at radius 2 is 0.773 bits per heavy atom. The van der Waals surface area contributed by atoms with Crippen LogP contribution in [0.2, 0.25) is 0 Å². The van der Waals surface area contributed by atoms with Gasteiger partial charge in [0.15, 0.2) is 0 Å². The second-order valence-corrected chi connectivity index (χ2v) is 25.6. The molecule has 1 heterocycles. The third kappa shape index (κ3) is 8.15. The fourth-order valence-corrected chi connectivity index (χ4v) is 15.3. The first-order chi connectivity index (χ1) is 30.7. The van der Waals surface area contributed by atoms with E-state index in [-0.39, 0.29) is 47.9 Å². The third-order valence-electron chi connectivity index (χ3n) is 17.4. The molecule has 4 nitrogen and oxygen atoms in total. The molecule has 344 valence electrons. The summed E-state index contributed by atoms with van der Waals surface area (Å²) in [6.45, 7) is 20.1. The zero-order valence-corrected chi connectivity index (χ0v) is 43.7. The van der Waals surface area contributed by atoms with Gasteiger partial charge < -0.3 is 14.9 Å². The molecule has 0 saturated heterocycles. The number of aromatic nitrogens is 1. The topological polar surface area (TPSA) is 62.6 Å². The molecule has 2 N–H and O–H groups in total. The number of hydrogen-bond acceptors (Lipinski definition) is 4. The largest absolute Gasteiger partial charge is 0.507 e. The van der Waals surface area contributed by atoms with E-state index in [1.807, 2.05) is 0 Å². The normalized spacial score (nSPS) is 28.7. The maximum absolute atomic E-state index is 12.8.